The van der Waals surface area contributed by atoms with Crippen molar-refractivity contribution in [3.63, 3.8) is 0 Å². The third-order valence-corrected chi connectivity index (χ3v) is 4.03. The molecular formula is C15H21FN2O3. The standard InChI is InChI=1S/C15H21FN2O3/c16-13-9-12(5-6-14(13)18(20)21)10-17-11-15(19)7-3-1-2-4-8-15/h5-6,9,17,19H,1-4,7-8,10-11H2. The Kier molecular flexibility index (Phi) is 5.25. The lowest BCUT2D eigenvalue weighted by molar-refractivity contribution is -0.387. The highest BCUT2D eigenvalue weighted by Crippen LogP contribution is 2.26. The van der Waals surface area contributed by atoms with Gasteiger partial charge in [-0.2, -0.15) is 4.39 Å². The number of nitrogens with one attached hydrogen (secondary N) is 1. The molecule has 0 radical (unpaired) electrons. The van der Waals surface area contributed by atoms with E-state index in [4.69, 9.17) is 0 Å². The Hall–Kier alpha value is -1.53. The zero-order valence-electron chi connectivity index (χ0n) is 12.0. The first-order chi connectivity index (χ1) is 10.0. The lowest BCUT2D eigenvalue weighted by atomic mass is 9.94. The first-order valence-electron chi connectivity index (χ1n) is 7.36. The summed E-state index contributed by atoms with van der Waals surface area (Å²) in [6.45, 7) is 0.850. The van der Waals surface area contributed by atoms with E-state index in [1.807, 2.05) is 0 Å². The van der Waals surface area contributed by atoms with Gasteiger partial charge in [-0.25, -0.2) is 0 Å². The molecule has 116 valence electrons. The lowest BCUT2D eigenvalue weighted by Crippen LogP contribution is -2.39. The predicted molar refractivity (Wildman–Crippen MR) is 77.4 cm³/mol. The van der Waals surface area contributed by atoms with Crippen LogP contribution in [0.4, 0.5) is 10.1 Å². The number of rotatable bonds is 5. The Labute approximate surface area is 123 Å². The highest BCUT2D eigenvalue weighted by atomic mass is 19.1. The molecule has 1 aliphatic rings. The average molecular weight is 296 g/mol. The van der Waals surface area contributed by atoms with Crippen LogP contribution in [0.3, 0.4) is 0 Å². The van der Waals surface area contributed by atoms with Crippen LogP contribution in [-0.2, 0) is 6.54 Å². The van der Waals surface area contributed by atoms with Gasteiger partial charge in [0.25, 0.3) is 0 Å². The maximum Gasteiger partial charge on any atom is 0.304 e. The maximum absolute atomic E-state index is 13.5. The van der Waals surface area contributed by atoms with E-state index in [1.54, 1.807) is 0 Å². The monoisotopic (exact) mass is 296 g/mol. The molecule has 21 heavy (non-hydrogen) atoms. The van der Waals surface area contributed by atoms with Crippen LogP contribution >= 0.6 is 0 Å². The Morgan fingerprint density at radius 1 is 1.29 bits per heavy atom. The van der Waals surface area contributed by atoms with E-state index in [-0.39, 0.29) is 0 Å². The van der Waals surface area contributed by atoms with Crippen molar-refractivity contribution in [2.75, 3.05) is 6.54 Å². The normalized spacial score (nSPS) is 18.2. The number of nitro groups is 1. The molecule has 0 bridgehead atoms. The molecule has 1 aliphatic carbocycles. The van der Waals surface area contributed by atoms with Gasteiger partial charge in [0.15, 0.2) is 0 Å². The summed E-state index contributed by atoms with van der Waals surface area (Å²) in [4.78, 5) is 9.81. The average Bonchev–Trinajstić information content (AvgIpc) is 2.63. The molecule has 0 aliphatic heterocycles. The number of hydrogen-bond donors (Lipinski definition) is 2. The molecule has 1 fully saturated rings. The molecule has 0 amide bonds. The molecule has 0 aromatic heterocycles. The molecule has 0 saturated heterocycles. The first kappa shape index (κ1) is 15.9. The van der Waals surface area contributed by atoms with Crippen LogP contribution in [0.15, 0.2) is 18.2 Å². The molecule has 0 unspecified atom stereocenters. The summed E-state index contributed by atoms with van der Waals surface area (Å²) in [5.41, 5.74) is -0.563. The largest absolute Gasteiger partial charge is 0.389 e. The first-order valence-corrected chi connectivity index (χ1v) is 7.36. The van der Waals surface area contributed by atoms with Crippen molar-refractivity contribution in [2.45, 2.75) is 50.7 Å². The number of aliphatic hydroxyl groups is 1. The van der Waals surface area contributed by atoms with Crippen LogP contribution in [0.5, 0.6) is 0 Å². The number of halogens is 1. The number of benzene rings is 1. The summed E-state index contributed by atoms with van der Waals surface area (Å²) in [6.07, 6.45) is 5.96. The van der Waals surface area contributed by atoms with Gasteiger partial charge in [-0.15, -0.1) is 0 Å². The van der Waals surface area contributed by atoms with Gasteiger partial charge in [-0.05, 0) is 24.5 Å². The van der Waals surface area contributed by atoms with Gasteiger partial charge in [-0.1, -0.05) is 31.7 Å². The van der Waals surface area contributed by atoms with Crippen LogP contribution in [0, 0.1) is 15.9 Å². The van der Waals surface area contributed by atoms with E-state index in [9.17, 15) is 19.6 Å². The maximum atomic E-state index is 13.5. The van der Waals surface area contributed by atoms with Crippen molar-refractivity contribution in [1.82, 2.24) is 5.32 Å². The summed E-state index contributed by atoms with van der Waals surface area (Å²) in [7, 11) is 0. The van der Waals surface area contributed by atoms with Crippen molar-refractivity contribution in [3.05, 3.63) is 39.7 Å². The van der Waals surface area contributed by atoms with Gasteiger partial charge < -0.3 is 10.4 Å². The van der Waals surface area contributed by atoms with E-state index >= 15 is 0 Å². The highest BCUT2D eigenvalue weighted by Gasteiger charge is 2.27. The Morgan fingerprint density at radius 2 is 1.95 bits per heavy atom. The van der Waals surface area contributed by atoms with Crippen LogP contribution in [0.2, 0.25) is 0 Å². The van der Waals surface area contributed by atoms with Crippen LogP contribution < -0.4 is 5.32 Å². The number of nitro benzene ring substituents is 1. The second-order valence-electron chi connectivity index (χ2n) is 5.78. The lowest BCUT2D eigenvalue weighted by Gasteiger charge is -2.27. The molecule has 1 aromatic rings. The predicted octanol–water partition coefficient (Wildman–Crippen LogP) is 2.91. The van der Waals surface area contributed by atoms with E-state index < -0.39 is 22.0 Å². The van der Waals surface area contributed by atoms with Crippen LogP contribution in [0.1, 0.15) is 44.1 Å². The van der Waals surface area contributed by atoms with Crippen molar-refractivity contribution < 1.29 is 14.4 Å². The molecule has 2 N–H and O–H groups in total. The Morgan fingerprint density at radius 3 is 2.52 bits per heavy atom. The topological polar surface area (TPSA) is 75.4 Å². The Bertz CT molecular complexity index is 500. The van der Waals surface area contributed by atoms with Gasteiger partial charge in [0, 0.05) is 19.2 Å². The molecule has 1 aromatic carbocycles. The van der Waals surface area contributed by atoms with E-state index in [1.165, 1.54) is 18.2 Å². The molecule has 0 atom stereocenters. The van der Waals surface area contributed by atoms with Crippen molar-refractivity contribution in [3.8, 4) is 0 Å². The summed E-state index contributed by atoms with van der Waals surface area (Å²) < 4.78 is 13.5. The second-order valence-corrected chi connectivity index (χ2v) is 5.78. The number of hydrogen-bond acceptors (Lipinski definition) is 4. The van der Waals surface area contributed by atoms with Crippen molar-refractivity contribution in [2.24, 2.45) is 0 Å². The summed E-state index contributed by atoms with van der Waals surface area (Å²) in [5.74, 6) is -0.826. The molecular weight excluding hydrogens is 275 g/mol. The van der Waals surface area contributed by atoms with E-state index in [0.717, 1.165) is 38.5 Å². The fourth-order valence-corrected chi connectivity index (χ4v) is 2.81. The molecule has 2 rings (SSSR count). The highest BCUT2D eigenvalue weighted by molar-refractivity contribution is 5.34. The quantitative estimate of drug-likeness (QED) is 0.497. The van der Waals surface area contributed by atoms with Crippen LogP contribution in [0.25, 0.3) is 0 Å². The molecule has 1 saturated carbocycles. The minimum Gasteiger partial charge on any atom is -0.389 e. The number of nitrogens with zero attached hydrogens (tertiary/aromatic N) is 1. The van der Waals surface area contributed by atoms with Gasteiger partial charge in [-0.3, -0.25) is 10.1 Å². The van der Waals surface area contributed by atoms with E-state index in [0.29, 0.717) is 18.7 Å². The van der Waals surface area contributed by atoms with Gasteiger partial charge >= 0.3 is 5.69 Å². The third-order valence-electron chi connectivity index (χ3n) is 4.03. The molecule has 0 heterocycles. The summed E-state index contributed by atoms with van der Waals surface area (Å²) in [5, 5.41) is 24.1. The molecule has 0 spiro atoms. The summed E-state index contributed by atoms with van der Waals surface area (Å²) in [6, 6.07) is 3.88. The van der Waals surface area contributed by atoms with E-state index in [2.05, 4.69) is 5.32 Å². The van der Waals surface area contributed by atoms with Crippen molar-refractivity contribution in [1.29, 1.82) is 0 Å². The van der Waals surface area contributed by atoms with Gasteiger partial charge in [0.05, 0.1) is 10.5 Å². The van der Waals surface area contributed by atoms with Gasteiger partial charge in [0.2, 0.25) is 5.82 Å². The zero-order chi connectivity index (χ0) is 15.3. The smallest absolute Gasteiger partial charge is 0.304 e. The SMILES string of the molecule is O=[N+]([O-])c1ccc(CNCC2(O)CCCCCC2)cc1F. The summed E-state index contributed by atoms with van der Waals surface area (Å²) >= 11 is 0. The zero-order valence-corrected chi connectivity index (χ0v) is 12.0. The second kappa shape index (κ2) is 6.95. The molecule has 6 heteroatoms. The molecule has 5 nitrogen and oxygen atoms in total. The fourth-order valence-electron chi connectivity index (χ4n) is 2.81. The minimum absolute atomic E-state index is 0.386. The third kappa shape index (κ3) is 4.47. The minimum atomic E-state index is -0.826. The van der Waals surface area contributed by atoms with Crippen molar-refractivity contribution >= 4 is 5.69 Å². The fraction of sp³-hybridized carbons (Fsp3) is 0.600. The van der Waals surface area contributed by atoms with Crippen LogP contribution in [-0.4, -0.2) is 22.2 Å². The van der Waals surface area contributed by atoms with Gasteiger partial charge in [0.1, 0.15) is 0 Å². The Balaban J connectivity index is 1.88.